The maximum atomic E-state index is 4.91. The van der Waals surface area contributed by atoms with Crippen LogP contribution in [0.25, 0.3) is 21.1 Å². The number of aromatic nitrogens is 3. The van der Waals surface area contributed by atoms with Gasteiger partial charge in [0.2, 0.25) is 0 Å². The molecule has 0 radical (unpaired) electrons. The Morgan fingerprint density at radius 2 is 1.96 bits per heavy atom. The molecule has 128 valence electrons. The van der Waals surface area contributed by atoms with Gasteiger partial charge in [-0.25, -0.2) is 4.98 Å². The van der Waals surface area contributed by atoms with Crippen LogP contribution in [0.2, 0.25) is 0 Å². The van der Waals surface area contributed by atoms with Gasteiger partial charge in [-0.1, -0.05) is 19.9 Å². The minimum Gasteiger partial charge on any atom is -0.349 e. The van der Waals surface area contributed by atoms with Gasteiger partial charge < -0.3 is 4.57 Å². The normalized spacial score (nSPS) is 12.5. The van der Waals surface area contributed by atoms with E-state index >= 15 is 0 Å². The van der Waals surface area contributed by atoms with E-state index in [0.717, 1.165) is 22.5 Å². The average molecular weight is 350 g/mol. The fourth-order valence-electron chi connectivity index (χ4n) is 3.22. The van der Waals surface area contributed by atoms with E-state index < -0.39 is 0 Å². The lowest BCUT2D eigenvalue weighted by atomic mass is 9.85. The molecule has 25 heavy (non-hydrogen) atoms. The topological polar surface area (TPSA) is 30.7 Å². The predicted molar refractivity (Wildman–Crippen MR) is 106 cm³/mol. The Balaban J connectivity index is 1.66. The highest BCUT2D eigenvalue weighted by Gasteiger charge is 2.24. The molecule has 4 rings (SSSR count). The van der Waals surface area contributed by atoms with Crippen molar-refractivity contribution in [1.82, 2.24) is 14.5 Å². The number of hydrogen-bond acceptors (Lipinski definition) is 3. The highest BCUT2D eigenvalue weighted by atomic mass is 32.1. The van der Waals surface area contributed by atoms with Crippen molar-refractivity contribution in [3.8, 4) is 0 Å². The third-order valence-corrected chi connectivity index (χ3v) is 6.18. The molecule has 4 heteroatoms. The Morgan fingerprint density at radius 3 is 2.72 bits per heavy atom. The molecule has 4 heterocycles. The van der Waals surface area contributed by atoms with Crippen LogP contribution in [0.15, 0.2) is 48.9 Å². The van der Waals surface area contributed by atoms with E-state index in [0.29, 0.717) is 6.04 Å². The molecule has 0 atom stereocenters. The summed E-state index contributed by atoms with van der Waals surface area (Å²) >= 11 is 1.79. The van der Waals surface area contributed by atoms with Gasteiger partial charge in [-0.15, -0.1) is 11.3 Å². The number of thiophene rings is 1. The van der Waals surface area contributed by atoms with Gasteiger partial charge in [-0.3, -0.25) is 4.98 Å². The van der Waals surface area contributed by atoms with E-state index in [1.165, 1.54) is 15.6 Å². The summed E-state index contributed by atoms with van der Waals surface area (Å²) in [7, 11) is 0. The van der Waals surface area contributed by atoms with Gasteiger partial charge in [-0.2, -0.15) is 0 Å². The molecule has 3 nitrogen and oxygen atoms in total. The Labute approximate surface area is 152 Å². The lowest BCUT2D eigenvalue weighted by molar-refractivity contribution is 0.527. The first-order chi connectivity index (χ1) is 11.9. The zero-order valence-electron chi connectivity index (χ0n) is 15.2. The predicted octanol–water partition coefficient (Wildman–Crippen LogP) is 5.75. The minimum absolute atomic E-state index is 0.0344. The molecule has 0 N–H and O–H groups in total. The van der Waals surface area contributed by atoms with E-state index in [1.54, 1.807) is 11.3 Å². The lowest BCUT2D eigenvalue weighted by Gasteiger charge is -2.22. The van der Waals surface area contributed by atoms with Crippen molar-refractivity contribution in [2.24, 2.45) is 0 Å². The number of hydrogen-bond donors (Lipinski definition) is 0. The van der Waals surface area contributed by atoms with Crippen LogP contribution in [0.4, 0.5) is 0 Å². The Hall–Kier alpha value is -2.20. The van der Waals surface area contributed by atoms with Gasteiger partial charge in [0.15, 0.2) is 0 Å². The van der Waals surface area contributed by atoms with Gasteiger partial charge in [0, 0.05) is 51.4 Å². The molecule has 0 bridgehead atoms. The van der Waals surface area contributed by atoms with Crippen molar-refractivity contribution in [1.29, 1.82) is 0 Å². The quantitative estimate of drug-likeness (QED) is 0.470. The number of pyridine rings is 2. The molecule has 0 saturated heterocycles. The van der Waals surface area contributed by atoms with Crippen molar-refractivity contribution < 1.29 is 0 Å². The Kier molecular flexibility index (Phi) is 3.88. The van der Waals surface area contributed by atoms with E-state index in [9.17, 15) is 0 Å². The van der Waals surface area contributed by atoms with Crippen molar-refractivity contribution in [2.45, 2.75) is 45.6 Å². The van der Waals surface area contributed by atoms with Crippen molar-refractivity contribution in [2.75, 3.05) is 0 Å². The number of nitrogens with zero attached hydrogens (tertiary/aromatic N) is 3. The first-order valence-corrected chi connectivity index (χ1v) is 9.56. The molecule has 0 amide bonds. The van der Waals surface area contributed by atoms with Gasteiger partial charge >= 0.3 is 0 Å². The van der Waals surface area contributed by atoms with Crippen LogP contribution in [0.1, 0.15) is 44.3 Å². The van der Waals surface area contributed by atoms with Crippen molar-refractivity contribution in [3.05, 3.63) is 59.5 Å². The first kappa shape index (κ1) is 16.3. The highest BCUT2D eigenvalue weighted by Crippen LogP contribution is 2.35. The smallest absolute Gasteiger partial charge is 0.123 e. The summed E-state index contributed by atoms with van der Waals surface area (Å²) in [5, 5.41) is 2.44. The first-order valence-electron chi connectivity index (χ1n) is 8.74. The fourth-order valence-corrected chi connectivity index (χ4v) is 4.32. The monoisotopic (exact) mass is 349 g/mol. The van der Waals surface area contributed by atoms with Crippen LogP contribution < -0.4 is 0 Å². The van der Waals surface area contributed by atoms with E-state index in [-0.39, 0.29) is 5.41 Å². The molecular formula is C21H23N3S. The second kappa shape index (κ2) is 5.95. The zero-order chi connectivity index (χ0) is 17.6. The lowest BCUT2D eigenvalue weighted by Crippen LogP contribution is -2.19. The van der Waals surface area contributed by atoms with Crippen LogP contribution in [0, 0.1) is 0 Å². The highest BCUT2D eigenvalue weighted by molar-refractivity contribution is 7.18. The molecule has 0 aliphatic rings. The second-order valence-corrected chi connectivity index (χ2v) is 8.68. The SMILES string of the molecule is CC(C)n1cc2ccc(CC(C)(C)c3cc4cccnc4s3)nc2c1. The average Bonchev–Trinajstić information content (AvgIpc) is 3.18. The van der Waals surface area contributed by atoms with Crippen molar-refractivity contribution >= 4 is 32.5 Å². The van der Waals surface area contributed by atoms with Crippen LogP contribution in [0.5, 0.6) is 0 Å². The molecule has 0 spiro atoms. The molecule has 4 aromatic heterocycles. The van der Waals surface area contributed by atoms with Crippen LogP contribution in [0.3, 0.4) is 0 Å². The van der Waals surface area contributed by atoms with Crippen molar-refractivity contribution in [3.63, 3.8) is 0 Å². The second-order valence-electron chi connectivity index (χ2n) is 7.65. The van der Waals surface area contributed by atoms with E-state index in [1.807, 2.05) is 12.3 Å². The number of rotatable bonds is 4. The zero-order valence-corrected chi connectivity index (χ0v) is 16.0. The van der Waals surface area contributed by atoms with Gasteiger partial charge in [0.1, 0.15) is 4.83 Å². The summed E-state index contributed by atoms with van der Waals surface area (Å²) in [6.07, 6.45) is 7.12. The summed E-state index contributed by atoms with van der Waals surface area (Å²) in [5.74, 6) is 0. The third-order valence-electron chi connectivity index (χ3n) is 4.75. The van der Waals surface area contributed by atoms with Gasteiger partial charge in [0.25, 0.3) is 0 Å². The Bertz CT molecular complexity index is 1010. The standard InChI is InChI=1S/C21H23N3S/c1-14(2)24-12-16-7-8-17(23-18(16)13-24)11-21(3,4)19-10-15-6-5-9-22-20(15)25-19/h5-10,12-14H,11H2,1-4H3. The minimum atomic E-state index is 0.0344. The van der Waals surface area contributed by atoms with E-state index in [4.69, 9.17) is 4.98 Å². The summed E-state index contributed by atoms with van der Waals surface area (Å²) in [5.41, 5.74) is 2.26. The maximum Gasteiger partial charge on any atom is 0.123 e. The summed E-state index contributed by atoms with van der Waals surface area (Å²) in [6.45, 7) is 8.97. The third kappa shape index (κ3) is 3.07. The number of fused-ring (bicyclic) bond motifs is 2. The van der Waals surface area contributed by atoms with Crippen LogP contribution in [-0.4, -0.2) is 14.5 Å². The molecule has 4 aromatic rings. The molecular weight excluding hydrogens is 326 g/mol. The van der Waals surface area contributed by atoms with E-state index in [2.05, 4.69) is 73.9 Å². The fraction of sp³-hybridized carbons (Fsp3) is 0.333. The largest absolute Gasteiger partial charge is 0.349 e. The van der Waals surface area contributed by atoms with Gasteiger partial charge in [-0.05, 0) is 44.5 Å². The Morgan fingerprint density at radius 1 is 1.12 bits per heavy atom. The molecule has 0 aliphatic heterocycles. The molecule has 0 aliphatic carbocycles. The summed E-state index contributed by atoms with van der Waals surface area (Å²) in [6, 6.07) is 11.2. The van der Waals surface area contributed by atoms with Crippen LogP contribution >= 0.6 is 11.3 Å². The van der Waals surface area contributed by atoms with Gasteiger partial charge in [0.05, 0.1) is 5.52 Å². The molecule has 0 saturated carbocycles. The summed E-state index contributed by atoms with van der Waals surface area (Å²) < 4.78 is 2.23. The summed E-state index contributed by atoms with van der Waals surface area (Å²) in [4.78, 5) is 11.9. The molecule has 0 unspecified atom stereocenters. The molecule has 0 fully saturated rings. The molecule has 0 aromatic carbocycles. The maximum absolute atomic E-state index is 4.91. The van der Waals surface area contributed by atoms with Crippen LogP contribution in [-0.2, 0) is 11.8 Å².